The molecule has 1 aliphatic carbocycles. The molecule has 1 unspecified atom stereocenters. The topological polar surface area (TPSA) is 38.3 Å². The summed E-state index contributed by atoms with van der Waals surface area (Å²) in [6.45, 7) is 0.674. The van der Waals surface area contributed by atoms with Crippen molar-refractivity contribution in [3.63, 3.8) is 0 Å². The average molecular weight is 333 g/mol. The van der Waals surface area contributed by atoms with Crippen molar-refractivity contribution in [2.75, 3.05) is 13.2 Å². The number of hydrogen-bond donors (Lipinski definition) is 1. The fraction of sp³-hybridized carbons (Fsp3) is 0.462. The second-order valence-corrected chi connectivity index (χ2v) is 6.02. The lowest BCUT2D eigenvalue weighted by Gasteiger charge is -2.10. The third-order valence-corrected chi connectivity index (χ3v) is 4.10. The molecular weight excluding hydrogens is 318 g/mol. The first kappa shape index (κ1) is 13.7. The second kappa shape index (κ2) is 6.43. The van der Waals surface area contributed by atoms with Gasteiger partial charge in [0, 0.05) is 16.4 Å². The van der Waals surface area contributed by atoms with Gasteiger partial charge in [0.1, 0.15) is 5.75 Å². The summed E-state index contributed by atoms with van der Waals surface area (Å²) in [5.74, 6) is 1.22. The fourth-order valence-electron chi connectivity index (χ4n) is 1.59. The molecule has 1 N–H and O–H groups in total. The molecule has 0 aliphatic heterocycles. The maximum absolute atomic E-state index is 11.6. The van der Waals surface area contributed by atoms with Gasteiger partial charge in [-0.3, -0.25) is 4.79 Å². The molecule has 1 aliphatic rings. The van der Waals surface area contributed by atoms with Gasteiger partial charge in [0.25, 0.3) is 5.91 Å². The number of amides is 1. The number of carbonyl (C=O) groups excluding carboxylic acids is 1. The fourth-order valence-corrected chi connectivity index (χ4v) is 2.46. The first-order chi connectivity index (χ1) is 8.65. The van der Waals surface area contributed by atoms with Gasteiger partial charge in [-0.05, 0) is 37.0 Å². The Morgan fingerprint density at radius 3 is 3.00 bits per heavy atom. The summed E-state index contributed by atoms with van der Waals surface area (Å²) in [7, 11) is 0. The minimum absolute atomic E-state index is 0.0186. The lowest BCUT2D eigenvalue weighted by molar-refractivity contribution is -0.123. The van der Waals surface area contributed by atoms with Crippen molar-refractivity contribution in [2.45, 2.75) is 17.7 Å². The SMILES string of the molecule is O=C(COc1cccc(Cl)c1)NCC(Br)C1CC1. The molecule has 3 nitrogen and oxygen atoms in total. The zero-order chi connectivity index (χ0) is 13.0. The predicted molar refractivity (Wildman–Crippen MR) is 75.4 cm³/mol. The van der Waals surface area contributed by atoms with Crippen LogP contribution in [-0.2, 0) is 4.79 Å². The van der Waals surface area contributed by atoms with Crippen molar-refractivity contribution in [1.82, 2.24) is 5.32 Å². The van der Waals surface area contributed by atoms with Crippen LogP contribution in [0.3, 0.4) is 0 Å². The summed E-state index contributed by atoms with van der Waals surface area (Å²) >= 11 is 9.38. The molecule has 0 saturated heterocycles. The maximum Gasteiger partial charge on any atom is 0.257 e. The Kier molecular flexibility index (Phi) is 4.89. The molecule has 0 heterocycles. The highest BCUT2D eigenvalue weighted by Gasteiger charge is 2.29. The summed E-state index contributed by atoms with van der Waals surface area (Å²) in [5, 5.41) is 3.44. The number of nitrogens with one attached hydrogen (secondary N) is 1. The van der Waals surface area contributed by atoms with Gasteiger partial charge >= 0.3 is 0 Å². The van der Waals surface area contributed by atoms with Crippen molar-refractivity contribution in [3.8, 4) is 5.75 Å². The van der Waals surface area contributed by atoms with Crippen molar-refractivity contribution in [1.29, 1.82) is 0 Å². The molecule has 0 radical (unpaired) electrons. The Morgan fingerprint density at radius 1 is 1.56 bits per heavy atom. The number of benzene rings is 1. The van der Waals surface area contributed by atoms with Crippen molar-refractivity contribution >= 4 is 33.4 Å². The minimum Gasteiger partial charge on any atom is -0.484 e. The monoisotopic (exact) mass is 331 g/mol. The van der Waals surface area contributed by atoms with E-state index in [2.05, 4.69) is 21.2 Å². The number of alkyl halides is 1. The highest BCUT2D eigenvalue weighted by atomic mass is 79.9. The van der Waals surface area contributed by atoms with Crippen LogP contribution in [0.2, 0.25) is 5.02 Å². The lowest BCUT2D eigenvalue weighted by atomic mass is 10.3. The molecule has 98 valence electrons. The second-order valence-electron chi connectivity index (χ2n) is 4.40. The predicted octanol–water partition coefficient (Wildman–Crippen LogP) is 3.01. The van der Waals surface area contributed by atoms with E-state index in [0.717, 1.165) is 5.92 Å². The smallest absolute Gasteiger partial charge is 0.257 e. The van der Waals surface area contributed by atoms with Gasteiger partial charge in [-0.15, -0.1) is 0 Å². The number of carbonyl (C=O) groups is 1. The van der Waals surface area contributed by atoms with Gasteiger partial charge < -0.3 is 10.1 Å². The molecule has 5 heteroatoms. The molecule has 1 aromatic carbocycles. The van der Waals surface area contributed by atoms with Gasteiger partial charge in [-0.2, -0.15) is 0 Å². The standard InChI is InChI=1S/C13H15BrClNO2/c14-12(9-4-5-9)7-16-13(17)8-18-11-3-1-2-10(15)6-11/h1-3,6,9,12H,4-5,7-8H2,(H,16,17). The van der Waals surface area contributed by atoms with E-state index >= 15 is 0 Å². The van der Waals surface area contributed by atoms with Gasteiger partial charge in [-0.25, -0.2) is 0 Å². The van der Waals surface area contributed by atoms with Crippen LogP contribution in [0.4, 0.5) is 0 Å². The first-order valence-electron chi connectivity index (χ1n) is 5.94. The summed E-state index contributed by atoms with van der Waals surface area (Å²) in [6, 6.07) is 7.01. The molecule has 0 spiro atoms. The Hall–Kier alpha value is -0.740. The normalized spacial score (nSPS) is 16.1. The van der Waals surface area contributed by atoms with E-state index in [1.165, 1.54) is 12.8 Å². The van der Waals surface area contributed by atoms with Crippen molar-refractivity contribution < 1.29 is 9.53 Å². The van der Waals surface area contributed by atoms with Crippen LogP contribution in [0.1, 0.15) is 12.8 Å². The highest BCUT2D eigenvalue weighted by Crippen LogP contribution is 2.36. The van der Waals surface area contributed by atoms with E-state index in [1.807, 2.05) is 0 Å². The Balaban J connectivity index is 1.67. The molecule has 0 bridgehead atoms. The van der Waals surface area contributed by atoms with Crippen LogP contribution in [0, 0.1) is 5.92 Å². The molecule has 2 rings (SSSR count). The summed E-state index contributed by atoms with van der Waals surface area (Å²) < 4.78 is 5.35. The van der Waals surface area contributed by atoms with Crippen molar-refractivity contribution in [3.05, 3.63) is 29.3 Å². The van der Waals surface area contributed by atoms with Crippen LogP contribution in [0.5, 0.6) is 5.75 Å². The maximum atomic E-state index is 11.6. The quantitative estimate of drug-likeness (QED) is 0.813. The Bertz CT molecular complexity index is 423. The summed E-state index contributed by atoms with van der Waals surface area (Å²) in [6.07, 6.45) is 2.51. The highest BCUT2D eigenvalue weighted by molar-refractivity contribution is 9.09. The van der Waals surface area contributed by atoms with E-state index in [4.69, 9.17) is 16.3 Å². The van der Waals surface area contributed by atoms with E-state index in [9.17, 15) is 4.79 Å². The average Bonchev–Trinajstić information content (AvgIpc) is 3.17. The molecule has 1 fully saturated rings. The van der Waals surface area contributed by atoms with E-state index < -0.39 is 0 Å². The van der Waals surface area contributed by atoms with Crippen LogP contribution in [0.15, 0.2) is 24.3 Å². The van der Waals surface area contributed by atoms with Gasteiger partial charge in [-0.1, -0.05) is 33.6 Å². The van der Waals surface area contributed by atoms with Crippen molar-refractivity contribution in [2.24, 2.45) is 5.92 Å². The van der Waals surface area contributed by atoms with Gasteiger partial charge in [0.2, 0.25) is 0 Å². The van der Waals surface area contributed by atoms with E-state index in [-0.39, 0.29) is 12.5 Å². The van der Waals surface area contributed by atoms with Gasteiger partial charge in [0.05, 0.1) is 0 Å². The molecule has 1 atom stereocenters. The van der Waals surface area contributed by atoms with Crippen LogP contribution in [-0.4, -0.2) is 23.9 Å². The molecule has 1 amide bonds. The third kappa shape index (κ3) is 4.50. The first-order valence-corrected chi connectivity index (χ1v) is 7.23. The number of ether oxygens (including phenoxy) is 1. The van der Waals surface area contributed by atoms with E-state index in [1.54, 1.807) is 24.3 Å². The zero-order valence-corrected chi connectivity index (χ0v) is 12.2. The third-order valence-electron chi connectivity index (χ3n) is 2.79. The number of rotatable bonds is 6. The summed E-state index contributed by atoms with van der Waals surface area (Å²) in [5.41, 5.74) is 0. The summed E-state index contributed by atoms with van der Waals surface area (Å²) in [4.78, 5) is 11.9. The molecule has 1 saturated carbocycles. The van der Waals surface area contributed by atoms with Crippen LogP contribution in [0.25, 0.3) is 0 Å². The number of hydrogen-bond acceptors (Lipinski definition) is 2. The Morgan fingerprint density at radius 2 is 2.33 bits per heavy atom. The zero-order valence-electron chi connectivity index (χ0n) is 9.86. The molecular formula is C13H15BrClNO2. The molecule has 0 aromatic heterocycles. The molecule has 1 aromatic rings. The van der Waals surface area contributed by atoms with Gasteiger partial charge in [0.15, 0.2) is 6.61 Å². The Labute approximate surface area is 120 Å². The lowest BCUT2D eigenvalue weighted by Crippen LogP contribution is -2.34. The van der Waals surface area contributed by atoms with Crippen LogP contribution < -0.4 is 10.1 Å². The largest absolute Gasteiger partial charge is 0.484 e. The number of halogens is 2. The van der Waals surface area contributed by atoms with Crippen LogP contribution >= 0.6 is 27.5 Å². The van der Waals surface area contributed by atoms with E-state index in [0.29, 0.717) is 22.1 Å². The minimum atomic E-state index is -0.111. The molecule has 18 heavy (non-hydrogen) atoms.